The molecule has 2 unspecified atom stereocenters. The van der Waals surface area contributed by atoms with Crippen molar-refractivity contribution in [2.24, 2.45) is 11.8 Å². The minimum atomic E-state index is -0.689. The average molecular weight is 365 g/mol. The molecule has 0 aromatic heterocycles. The number of carbonyl (C=O) groups is 2. The summed E-state index contributed by atoms with van der Waals surface area (Å²) in [6.45, 7) is 0. The minimum Gasteiger partial charge on any atom is -0.481 e. The van der Waals surface area contributed by atoms with Crippen LogP contribution in [0.25, 0.3) is 0 Å². The molecular formula is C14H20CdO4. The number of rotatable bonds is 2. The third-order valence-corrected chi connectivity index (χ3v) is 3.14. The number of carboxylic acid groups (broad SMARTS) is 2. The quantitative estimate of drug-likeness (QED) is 0.583. The molecule has 2 aliphatic rings. The Labute approximate surface area is 133 Å². The second-order valence-corrected chi connectivity index (χ2v) is 4.61. The molecule has 2 rings (SSSR count). The maximum atomic E-state index is 10.3. The van der Waals surface area contributed by atoms with Crippen LogP contribution in [0.4, 0.5) is 0 Å². The molecule has 0 amide bonds. The summed E-state index contributed by atoms with van der Waals surface area (Å²) in [5, 5.41) is 17.0. The Kier molecular flexibility index (Phi) is 9.82. The van der Waals surface area contributed by atoms with Crippen LogP contribution in [0.1, 0.15) is 38.5 Å². The Morgan fingerprint density at radius 3 is 1.37 bits per heavy atom. The van der Waals surface area contributed by atoms with Gasteiger partial charge in [-0.15, -0.1) is 0 Å². The summed E-state index contributed by atoms with van der Waals surface area (Å²) in [5.74, 6) is -1.80. The van der Waals surface area contributed by atoms with Crippen LogP contribution in [-0.4, -0.2) is 22.2 Å². The maximum absolute atomic E-state index is 10.3. The van der Waals surface area contributed by atoms with Gasteiger partial charge in [-0.25, -0.2) is 0 Å². The van der Waals surface area contributed by atoms with Crippen LogP contribution in [0.5, 0.6) is 0 Å². The van der Waals surface area contributed by atoms with Crippen molar-refractivity contribution in [2.75, 3.05) is 0 Å². The largest absolute Gasteiger partial charge is 0.481 e. The predicted molar refractivity (Wildman–Crippen MR) is 68.2 cm³/mol. The maximum Gasteiger partial charge on any atom is 0.310 e. The van der Waals surface area contributed by atoms with E-state index in [0.717, 1.165) is 38.5 Å². The first-order valence-corrected chi connectivity index (χ1v) is 6.40. The van der Waals surface area contributed by atoms with Gasteiger partial charge in [0.15, 0.2) is 0 Å². The number of carboxylic acids is 2. The zero-order valence-corrected chi connectivity index (χ0v) is 15.2. The molecule has 2 N–H and O–H groups in total. The molecule has 0 bridgehead atoms. The van der Waals surface area contributed by atoms with Gasteiger partial charge < -0.3 is 10.2 Å². The summed E-state index contributed by atoms with van der Waals surface area (Å²) in [5.41, 5.74) is 0. The fourth-order valence-corrected chi connectivity index (χ4v) is 2.04. The minimum absolute atomic E-state index is 0. The topological polar surface area (TPSA) is 74.6 Å². The van der Waals surface area contributed by atoms with Crippen molar-refractivity contribution in [3.8, 4) is 0 Å². The molecule has 102 valence electrons. The molecular weight excluding hydrogens is 345 g/mol. The van der Waals surface area contributed by atoms with E-state index >= 15 is 0 Å². The Bertz CT molecular complexity index is 315. The van der Waals surface area contributed by atoms with Gasteiger partial charge in [0.25, 0.3) is 0 Å². The smallest absolute Gasteiger partial charge is 0.310 e. The Morgan fingerprint density at radius 1 is 0.842 bits per heavy atom. The van der Waals surface area contributed by atoms with E-state index in [1.807, 2.05) is 12.2 Å². The van der Waals surface area contributed by atoms with E-state index in [1.54, 1.807) is 12.2 Å². The number of aliphatic carboxylic acids is 2. The molecule has 0 aromatic carbocycles. The van der Waals surface area contributed by atoms with Crippen molar-refractivity contribution < 1.29 is 47.1 Å². The van der Waals surface area contributed by atoms with Gasteiger partial charge >= 0.3 is 11.9 Å². The summed E-state index contributed by atoms with van der Waals surface area (Å²) in [6.07, 6.45) is 13.2. The van der Waals surface area contributed by atoms with Crippen LogP contribution in [0, 0.1) is 11.8 Å². The summed E-state index contributed by atoms with van der Waals surface area (Å²) in [7, 11) is 0. The van der Waals surface area contributed by atoms with Crippen molar-refractivity contribution >= 4 is 11.9 Å². The van der Waals surface area contributed by atoms with Gasteiger partial charge in [-0.2, -0.15) is 0 Å². The van der Waals surface area contributed by atoms with E-state index in [9.17, 15) is 9.59 Å². The van der Waals surface area contributed by atoms with Gasteiger partial charge in [0.2, 0.25) is 0 Å². The fourth-order valence-electron chi connectivity index (χ4n) is 2.04. The van der Waals surface area contributed by atoms with Crippen molar-refractivity contribution in [2.45, 2.75) is 38.5 Å². The van der Waals surface area contributed by atoms with Crippen LogP contribution >= 0.6 is 0 Å². The molecule has 0 radical (unpaired) electrons. The van der Waals surface area contributed by atoms with Gasteiger partial charge in [0.05, 0.1) is 11.8 Å². The van der Waals surface area contributed by atoms with Gasteiger partial charge in [-0.3, -0.25) is 9.59 Å². The molecule has 0 spiro atoms. The third-order valence-electron chi connectivity index (χ3n) is 3.14. The molecule has 0 heterocycles. The number of allylic oxidation sites excluding steroid dienone is 2. The first-order chi connectivity index (χ1) is 8.61. The number of hydrogen-bond acceptors (Lipinski definition) is 2. The monoisotopic (exact) mass is 366 g/mol. The van der Waals surface area contributed by atoms with E-state index in [-0.39, 0.29) is 39.1 Å². The molecule has 2 aliphatic carbocycles. The van der Waals surface area contributed by atoms with Crippen molar-refractivity contribution in [3.05, 3.63) is 24.3 Å². The Hall–Kier alpha value is -0.658. The normalized spacial score (nSPS) is 24.6. The number of hydrogen-bond donors (Lipinski definition) is 2. The first kappa shape index (κ1) is 18.3. The summed E-state index contributed by atoms with van der Waals surface area (Å²) in [4.78, 5) is 20.6. The summed E-state index contributed by atoms with van der Waals surface area (Å²) < 4.78 is 0. The van der Waals surface area contributed by atoms with Crippen molar-refractivity contribution in [1.29, 1.82) is 0 Å². The second kappa shape index (κ2) is 10.2. The van der Waals surface area contributed by atoms with E-state index in [1.165, 1.54) is 0 Å². The third kappa shape index (κ3) is 7.49. The first-order valence-electron chi connectivity index (χ1n) is 6.40. The van der Waals surface area contributed by atoms with Gasteiger partial charge in [0, 0.05) is 27.3 Å². The van der Waals surface area contributed by atoms with E-state index in [4.69, 9.17) is 10.2 Å². The Balaban J connectivity index is 0.000000324. The fraction of sp³-hybridized carbons (Fsp3) is 0.571. The molecule has 19 heavy (non-hydrogen) atoms. The van der Waals surface area contributed by atoms with Crippen LogP contribution in [-0.2, 0) is 36.9 Å². The van der Waals surface area contributed by atoms with E-state index in [0.29, 0.717) is 0 Å². The predicted octanol–water partition coefficient (Wildman–Crippen LogP) is 2.85. The van der Waals surface area contributed by atoms with Crippen molar-refractivity contribution in [1.82, 2.24) is 0 Å². The van der Waals surface area contributed by atoms with E-state index in [2.05, 4.69) is 0 Å². The molecule has 0 saturated heterocycles. The van der Waals surface area contributed by atoms with Gasteiger partial charge in [-0.1, -0.05) is 24.3 Å². The molecule has 0 fully saturated rings. The van der Waals surface area contributed by atoms with E-state index < -0.39 is 11.9 Å². The van der Waals surface area contributed by atoms with Crippen LogP contribution in [0.3, 0.4) is 0 Å². The SMILES string of the molecule is O=C(O)C1C=CCCC1.O=C(O)C1C=CCCC1.[Cd]. The van der Waals surface area contributed by atoms with Crippen LogP contribution < -0.4 is 0 Å². The molecule has 5 heteroatoms. The molecule has 0 aromatic rings. The summed E-state index contributed by atoms with van der Waals surface area (Å²) in [6, 6.07) is 0. The van der Waals surface area contributed by atoms with Crippen molar-refractivity contribution in [3.63, 3.8) is 0 Å². The zero-order valence-electron chi connectivity index (χ0n) is 11.1. The van der Waals surface area contributed by atoms with Crippen LogP contribution in [0.15, 0.2) is 24.3 Å². The molecule has 2 atom stereocenters. The van der Waals surface area contributed by atoms with Gasteiger partial charge in [0.1, 0.15) is 0 Å². The molecule has 0 saturated carbocycles. The molecule has 0 aliphatic heterocycles. The summed E-state index contributed by atoms with van der Waals surface area (Å²) >= 11 is 0. The van der Waals surface area contributed by atoms with Gasteiger partial charge in [-0.05, 0) is 38.5 Å². The zero-order chi connectivity index (χ0) is 13.4. The average Bonchev–Trinajstić information content (AvgIpc) is 2.41. The molecule has 4 nitrogen and oxygen atoms in total. The Morgan fingerprint density at radius 2 is 1.21 bits per heavy atom. The standard InChI is InChI=1S/2C7H10O2.Cd/c2*8-7(9)6-4-2-1-3-5-6;/h2*2,4,6H,1,3,5H2,(H,8,9);. The second-order valence-electron chi connectivity index (χ2n) is 4.61. The van der Waals surface area contributed by atoms with Crippen LogP contribution in [0.2, 0.25) is 0 Å².